The monoisotopic (exact) mass is 365 g/mol. The van der Waals surface area contributed by atoms with Crippen molar-refractivity contribution in [1.82, 2.24) is 5.32 Å². The fourth-order valence-corrected chi connectivity index (χ4v) is 3.25. The zero-order valence-corrected chi connectivity index (χ0v) is 15.3. The van der Waals surface area contributed by atoms with E-state index in [1.807, 2.05) is 30.3 Å². The molecule has 27 heavy (non-hydrogen) atoms. The number of aliphatic hydroxyl groups excluding tert-OH is 1. The van der Waals surface area contributed by atoms with Crippen molar-refractivity contribution in [2.45, 2.75) is 44.1 Å². The molecular weight excluding hydrogens is 342 g/mol. The molecule has 0 saturated heterocycles. The number of nitrogens with two attached hydrogens (primary N) is 1. The first-order chi connectivity index (χ1) is 12.8. The third kappa shape index (κ3) is 3.95. The van der Waals surface area contributed by atoms with Crippen LogP contribution in [0.25, 0.3) is 0 Å². The van der Waals surface area contributed by atoms with E-state index in [2.05, 4.69) is 11.4 Å². The zero-order chi connectivity index (χ0) is 19.6. The summed E-state index contributed by atoms with van der Waals surface area (Å²) in [5.74, 6) is 0.167. The number of hydrogen-bond donors (Lipinski definition) is 3. The lowest BCUT2D eigenvalue weighted by Gasteiger charge is -2.42. The quantitative estimate of drug-likeness (QED) is 0.766. The Hall–Kier alpha value is -2.88. The van der Waals surface area contributed by atoms with E-state index in [4.69, 9.17) is 15.7 Å². The largest absolute Gasteiger partial charge is 0.485 e. The van der Waals surface area contributed by atoms with Gasteiger partial charge in [-0.05, 0) is 44.0 Å². The molecule has 1 aliphatic rings. The molecule has 0 radical (unpaired) electrons. The van der Waals surface area contributed by atoms with Gasteiger partial charge in [0.05, 0.1) is 23.7 Å². The number of aliphatic hydroxyl groups is 1. The van der Waals surface area contributed by atoms with E-state index in [0.29, 0.717) is 23.3 Å². The topological polar surface area (TPSA) is 108 Å². The summed E-state index contributed by atoms with van der Waals surface area (Å²) in [7, 11) is 0. The van der Waals surface area contributed by atoms with E-state index in [0.717, 1.165) is 5.56 Å². The first-order valence-electron chi connectivity index (χ1n) is 8.83. The Bertz CT molecular complexity index is 874. The molecule has 3 rings (SSSR count). The molecule has 2 unspecified atom stereocenters. The lowest BCUT2D eigenvalue weighted by Crippen LogP contribution is -2.55. The number of nitrogens with one attached hydrogen (secondary N) is 1. The van der Waals surface area contributed by atoms with Crippen LogP contribution in [-0.2, 0) is 11.2 Å². The fraction of sp³-hybridized carbons (Fsp3) is 0.333. The molecule has 0 saturated carbocycles. The van der Waals surface area contributed by atoms with Crippen molar-refractivity contribution < 1.29 is 14.6 Å². The summed E-state index contributed by atoms with van der Waals surface area (Å²) in [4.78, 5) is 12.7. The Morgan fingerprint density at radius 3 is 2.70 bits per heavy atom. The van der Waals surface area contributed by atoms with Gasteiger partial charge in [0.25, 0.3) is 0 Å². The minimum absolute atomic E-state index is 0.367. The van der Waals surface area contributed by atoms with Crippen molar-refractivity contribution in [2.75, 3.05) is 0 Å². The molecule has 1 amide bonds. The Morgan fingerprint density at radius 2 is 2.04 bits per heavy atom. The number of carbonyl (C=O) groups excluding carboxylic acids is 1. The van der Waals surface area contributed by atoms with Crippen molar-refractivity contribution in [1.29, 1.82) is 5.26 Å². The van der Waals surface area contributed by atoms with Crippen molar-refractivity contribution >= 4 is 5.91 Å². The molecule has 1 aliphatic heterocycles. The maximum atomic E-state index is 12.7. The normalized spacial score (nSPS) is 21.3. The Morgan fingerprint density at radius 1 is 1.33 bits per heavy atom. The van der Waals surface area contributed by atoms with Crippen LogP contribution in [-0.4, -0.2) is 28.8 Å². The third-order valence-corrected chi connectivity index (χ3v) is 4.81. The standard InChI is InChI=1S/C21H23N3O3/c1-21(2)19(25)18(15-10-14(12-22)8-9-17(15)27-21)24-20(26)16(23)11-13-6-4-3-5-7-13/h3-10,16,18-19,25H,11,23H2,1-2H3,(H,24,26)/t16-,18?,19?/m0/s1. The molecule has 6 heteroatoms. The van der Waals surface area contributed by atoms with E-state index in [9.17, 15) is 9.90 Å². The smallest absolute Gasteiger partial charge is 0.237 e. The van der Waals surface area contributed by atoms with Crippen LogP contribution in [0.1, 0.15) is 36.6 Å². The fourth-order valence-electron chi connectivity index (χ4n) is 3.25. The number of nitriles is 1. The van der Waals surface area contributed by atoms with E-state index >= 15 is 0 Å². The van der Waals surface area contributed by atoms with Gasteiger partial charge in [-0.1, -0.05) is 30.3 Å². The van der Waals surface area contributed by atoms with Crippen LogP contribution in [0.4, 0.5) is 0 Å². The Balaban J connectivity index is 1.84. The lowest BCUT2D eigenvalue weighted by atomic mass is 9.85. The number of amides is 1. The molecule has 0 fully saturated rings. The summed E-state index contributed by atoms with van der Waals surface area (Å²) in [5, 5.41) is 22.8. The highest BCUT2D eigenvalue weighted by Gasteiger charge is 2.44. The molecular formula is C21H23N3O3. The van der Waals surface area contributed by atoms with Gasteiger partial charge in [-0.15, -0.1) is 0 Å². The molecule has 0 aromatic heterocycles. The van der Waals surface area contributed by atoms with Gasteiger partial charge >= 0.3 is 0 Å². The molecule has 3 atom stereocenters. The molecule has 0 spiro atoms. The number of nitrogens with zero attached hydrogens (tertiary/aromatic N) is 1. The molecule has 6 nitrogen and oxygen atoms in total. The number of ether oxygens (including phenoxy) is 1. The minimum Gasteiger partial charge on any atom is -0.485 e. The summed E-state index contributed by atoms with van der Waals surface area (Å²) in [6.45, 7) is 3.50. The highest BCUT2D eigenvalue weighted by molar-refractivity contribution is 5.82. The van der Waals surface area contributed by atoms with Crippen molar-refractivity contribution in [3.8, 4) is 11.8 Å². The van der Waals surface area contributed by atoms with E-state index in [-0.39, 0.29) is 5.91 Å². The second-order valence-electron chi connectivity index (χ2n) is 7.30. The molecule has 2 aromatic rings. The Labute approximate surface area is 158 Å². The van der Waals surface area contributed by atoms with Gasteiger partial charge < -0.3 is 20.9 Å². The summed E-state index contributed by atoms with van der Waals surface area (Å²) >= 11 is 0. The second-order valence-corrected chi connectivity index (χ2v) is 7.30. The van der Waals surface area contributed by atoms with Gasteiger partial charge in [-0.3, -0.25) is 4.79 Å². The SMILES string of the molecule is CC1(C)Oc2ccc(C#N)cc2C(NC(=O)[C@@H](N)Cc2ccccc2)C1O. The van der Waals surface area contributed by atoms with Gasteiger partial charge in [0, 0.05) is 5.56 Å². The maximum absolute atomic E-state index is 12.7. The first kappa shape index (κ1) is 18.9. The highest BCUT2D eigenvalue weighted by atomic mass is 16.5. The van der Waals surface area contributed by atoms with Crippen LogP contribution in [0.15, 0.2) is 48.5 Å². The number of carbonyl (C=O) groups is 1. The number of hydrogen-bond acceptors (Lipinski definition) is 5. The van der Waals surface area contributed by atoms with Crippen LogP contribution in [0.3, 0.4) is 0 Å². The molecule has 1 heterocycles. The predicted octanol–water partition coefficient (Wildman–Crippen LogP) is 1.82. The summed E-state index contributed by atoms with van der Waals surface area (Å²) in [6.07, 6.45) is -0.604. The number of benzene rings is 2. The van der Waals surface area contributed by atoms with Crippen molar-refractivity contribution in [2.24, 2.45) is 5.73 Å². The van der Waals surface area contributed by atoms with Crippen LogP contribution in [0.5, 0.6) is 5.75 Å². The first-order valence-corrected chi connectivity index (χ1v) is 8.83. The molecule has 4 N–H and O–H groups in total. The summed E-state index contributed by atoms with van der Waals surface area (Å²) in [6, 6.07) is 15.1. The third-order valence-electron chi connectivity index (χ3n) is 4.81. The molecule has 0 aliphatic carbocycles. The predicted molar refractivity (Wildman–Crippen MR) is 101 cm³/mol. The van der Waals surface area contributed by atoms with E-state index in [1.54, 1.807) is 32.0 Å². The van der Waals surface area contributed by atoms with Crippen LogP contribution >= 0.6 is 0 Å². The molecule has 140 valence electrons. The molecule has 0 bridgehead atoms. The molecule has 2 aromatic carbocycles. The van der Waals surface area contributed by atoms with Gasteiger partial charge in [-0.2, -0.15) is 5.26 Å². The van der Waals surface area contributed by atoms with Gasteiger partial charge in [0.15, 0.2) is 0 Å². The summed E-state index contributed by atoms with van der Waals surface area (Å²) in [5.41, 5.74) is 7.13. The minimum atomic E-state index is -0.994. The van der Waals surface area contributed by atoms with Gasteiger partial charge in [-0.25, -0.2) is 0 Å². The van der Waals surface area contributed by atoms with Crippen LogP contribution < -0.4 is 15.8 Å². The number of rotatable bonds is 4. The highest BCUT2D eigenvalue weighted by Crippen LogP contribution is 2.40. The van der Waals surface area contributed by atoms with E-state index < -0.39 is 23.8 Å². The van der Waals surface area contributed by atoms with Crippen LogP contribution in [0, 0.1) is 11.3 Å². The maximum Gasteiger partial charge on any atom is 0.237 e. The van der Waals surface area contributed by atoms with Gasteiger partial charge in [0.2, 0.25) is 5.91 Å². The lowest BCUT2D eigenvalue weighted by molar-refractivity contribution is -0.126. The van der Waals surface area contributed by atoms with Crippen LogP contribution in [0.2, 0.25) is 0 Å². The number of fused-ring (bicyclic) bond motifs is 1. The van der Waals surface area contributed by atoms with Crippen molar-refractivity contribution in [3.63, 3.8) is 0 Å². The van der Waals surface area contributed by atoms with Gasteiger partial charge in [0.1, 0.15) is 17.5 Å². The van der Waals surface area contributed by atoms with E-state index in [1.165, 1.54) is 0 Å². The van der Waals surface area contributed by atoms with Crippen molar-refractivity contribution in [3.05, 3.63) is 65.2 Å². The second kappa shape index (κ2) is 7.39. The zero-order valence-electron chi connectivity index (χ0n) is 15.3. The Kier molecular flexibility index (Phi) is 5.17. The summed E-state index contributed by atoms with van der Waals surface area (Å²) < 4.78 is 5.86. The average Bonchev–Trinajstić information content (AvgIpc) is 2.65. The average molecular weight is 365 g/mol.